The summed E-state index contributed by atoms with van der Waals surface area (Å²) in [5.74, 6) is 0.605. The Morgan fingerprint density at radius 3 is 2.58 bits per heavy atom. The molecule has 0 aliphatic carbocycles. The van der Waals surface area contributed by atoms with E-state index in [9.17, 15) is 14.3 Å². The lowest BCUT2D eigenvalue weighted by Crippen LogP contribution is -2.28. The molecular weight excluding hydrogens is 445 g/mol. The third-order valence-electron chi connectivity index (χ3n) is 5.10. The van der Waals surface area contributed by atoms with Crippen molar-refractivity contribution in [3.05, 3.63) is 95.0 Å². The van der Waals surface area contributed by atoms with Gasteiger partial charge in [0.05, 0.1) is 24.0 Å². The van der Waals surface area contributed by atoms with Crippen molar-refractivity contribution in [1.82, 2.24) is 14.9 Å². The second-order valence-electron chi connectivity index (χ2n) is 7.63. The second kappa shape index (κ2) is 10.5. The molecule has 8 heteroatoms. The fourth-order valence-corrected chi connectivity index (χ4v) is 3.59. The number of hydrogen-bond donors (Lipinski definition) is 2. The van der Waals surface area contributed by atoms with Gasteiger partial charge in [-0.05, 0) is 54.1 Å². The summed E-state index contributed by atoms with van der Waals surface area (Å²) in [7, 11) is 0. The lowest BCUT2D eigenvalue weighted by atomic mass is 10.2. The molecule has 1 amide bonds. The topological polar surface area (TPSA) is 76.4 Å². The van der Waals surface area contributed by atoms with Gasteiger partial charge in [-0.15, -0.1) is 0 Å². The summed E-state index contributed by atoms with van der Waals surface area (Å²) in [6, 6.07) is 20.4. The number of rotatable bonds is 9. The molecule has 0 aliphatic heterocycles. The maximum absolute atomic E-state index is 13.1. The normalized spacial score (nSPS) is 12.0. The lowest BCUT2D eigenvalue weighted by molar-refractivity contribution is -0.120. The van der Waals surface area contributed by atoms with Gasteiger partial charge in [-0.2, -0.15) is 0 Å². The third-order valence-corrected chi connectivity index (χ3v) is 5.36. The molecule has 0 radical (unpaired) electrons. The van der Waals surface area contributed by atoms with Gasteiger partial charge in [-0.25, -0.2) is 9.37 Å². The van der Waals surface area contributed by atoms with Crippen molar-refractivity contribution >= 4 is 28.5 Å². The number of nitrogens with zero attached hydrogens (tertiary/aromatic N) is 2. The van der Waals surface area contributed by atoms with E-state index in [-0.39, 0.29) is 37.8 Å². The van der Waals surface area contributed by atoms with E-state index in [1.165, 1.54) is 12.1 Å². The Hall–Kier alpha value is -3.42. The molecule has 0 spiro atoms. The van der Waals surface area contributed by atoms with Gasteiger partial charge in [0, 0.05) is 11.6 Å². The Labute approximate surface area is 195 Å². The molecule has 0 aliphatic rings. The minimum absolute atomic E-state index is 0.0423. The number of para-hydroxylation sites is 2. The predicted molar refractivity (Wildman–Crippen MR) is 125 cm³/mol. The zero-order valence-corrected chi connectivity index (χ0v) is 18.5. The number of nitrogens with one attached hydrogen (secondary N) is 1. The highest BCUT2D eigenvalue weighted by Gasteiger charge is 2.17. The molecule has 170 valence electrons. The minimum atomic E-state index is -0.820. The van der Waals surface area contributed by atoms with Crippen LogP contribution in [0.1, 0.15) is 11.4 Å². The number of amides is 1. The van der Waals surface area contributed by atoms with E-state index in [0.717, 1.165) is 16.6 Å². The first kappa shape index (κ1) is 22.8. The molecule has 0 saturated carbocycles. The van der Waals surface area contributed by atoms with E-state index in [1.807, 2.05) is 28.8 Å². The van der Waals surface area contributed by atoms with Gasteiger partial charge in [-0.3, -0.25) is 4.79 Å². The minimum Gasteiger partial charge on any atom is -0.491 e. The van der Waals surface area contributed by atoms with Crippen LogP contribution >= 0.6 is 11.6 Å². The largest absolute Gasteiger partial charge is 0.491 e. The summed E-state index contributed by atoms with van der Waals surface area (Å²) in [5.41, 5.74) is 2.36. The van der Waals surface area contributed by atoms with Crippen LogP contribution in [0.4, 0.5) is 4.39 Å². The molecule has 1 aromatic heterocycles. The summed E-state index contributed by atoms with van der Waals surface area (Å²) in [6.45, 7) is 0.579. The van der Waals surface area contributed by atoms with Crippen molar-refractivity contribution < 1.29 is 19.0 Å². The van der Waals surface area contributed by atoms with E-state index < -0.39 is 6.10 Å². The second-order valence-corrected chi connectivity index (χ2v) is 8.06. The van der Waals surface area contributed by atoms with Gasteiger partial charge in [0.1, 0.15) is 30.1 Å². The van der Waals surface area contributed by atoms with Crippen molar-refractivity contribution in [2.75, 3.05) is 6.61 Å². The van der Waals surface area contributed by atoms with Gasteiger partial charge in [-0.1, -0.05) is 35.9 Å². The quantitative estimate of drug-likeness (QED) is 0.388. The van der Waals surface area contributed by atoms with Crippen molar-refractivity contribution in [3.63, 3.8) is 0 Å². The van der Waals surface area contributed by atoms with Gasteiger partial charge in [0.15, 0.2) is 0 Å². The maximum atomic E-state index is 13.1. The SMILES string of the molecule is O=C(Cc1nc2ccccc2n1CC(O)COc1ccc(Cl)cc1)NCc1ccc(F)cc1. The van der Waals surface area contributed by atoms with Gasteiger partial charge in [0.25, 0.3) is 0 Å². The van der Waals surface area contributed by atoms with Gasteiger partial charge in [0.2, 0.25) is 5.91 Å². The fraction of sp³-hybridized carbons (Fsp3) is 0.200. The number of aliphatic hydroxyl groups excluding tert-OH is 1. The molecule has 33 heavy (non-hydrogen) atoms. The van der Waals surface area contributed by atoms with E-state index >= 15 is 0 Å². The van der Waals surface area contributed by atoms with E-state index in [2.05, 4.69) is 10.3 Å². The Morgan fingerprint density at radius 1 is 1.09 bits per heavy atom. The first-order valence-corrected chi connectivity index (χ1v) is 10.9. The van der Waals surface area contributed by atoms with E-state index in [0.29, 0.717) is 16.6 Å². The highest BCUT2D eigenvalue weighted by atomic mass is 35.5. The number of hydrogen-bond acceptors (Lipinski definition) is 4. The molecule has 3 aromatic carbocycles. The van der Waals surface area contributed by atoms with Crippen LogP contribution in [0.25, 0.3) is 11.0 Å². The molecule has 0 bridgehead atoms. The number of carbonyl (C=O) groups excluding carboxylic acids is 1. The summed E-state index contributed by atoms with van der Waals surface area (Å²) in [5, 5.41) is 14.0. The van der Waals surface area contributed by atoms with Gasteiger partial charge < -0.3 is 19.7 Å². The zero-order chi connectivity index (χ0) is 23.2. The first-order valence-electron chi connectivity index (χ1n) is 10.5. The molecule has 1 atom stereocenters. The highest BCUT2D eigenvalue weighted by Crippen LogP contribution is 2.19. The van der Waals surface area contributed by atoms with Crippen LogP contribution in [-0.2, 0) is 24.3 Å². The van der Waals surface area contributed by atoms with Crippen LogP contribution in [0, 0.1) is 5.82 Å². The summed E-state index contributed by atoms with van der Waals surface area (Å²) in [6.07, 6.45) is -0.778. The Bertz CT molecular complexity index is 1230. The molecule has 2 N–H and O–H groups in total. The van der Waals surface area contributed by atoms with Crippen LogP contribution < -0.4 is 10.1 Å². The summed E-state index contributed by atoms with van der Waals surface area (Å²) >= 11 is 5.88. The van der Waals surface area contributed by atoms with Crippen LogP contribution in [-0.4, -0.2) is 33.3 Å². The molecule has 4 rings (SSSR count). The van der Waals surface area contributed by atoms with Gasteiger partial charge >= 0.3 is 0 Å². The first-order chi connectivity index (χ1) is 16.0. The van der Waals surface area contributed by atoms with Crippen molar-refractivity contribution in [3.8, 4) is 5.75 Å². The van der Waals surface area contributed by atoms with Crippen molar-refractivity contribution in [2.45, 2.75) is 25.6 Å². The Balaban J connectivity index is 1.42. The number of aliphatic hydroxyl groups is 1. The number of ether oxygens (including phenoxy) is 1. The Morgan fingerprint density at radius 2 is 1.82 bits per heavy atom. The molecule has 0 fully saturated rings. The lowest BCUT2D eigenvalue weighted by Gasteiger charge is -2.16. The summed E-state index contributed by atoms with van der Waals surface area (Å²) in [4.78, 5) is 17.2. The molecule has 4 aromatic rings. The number of fused-ring (bicyclic) bond motifs is 1. The van der Waals surface area contributed by atoms with Crippen LogP contribution in [0.15, 0.2) is 72.8 Å². The monoisotopic (exact) mass is 467 g/mol. The average Bonchev–Trinajstić information content (AvgIpc) is 3.15. The van der Waals surface area contributed by atoms with Crippen LogP contribution in [0.5, 0.6) is 5.75 Å². The smallest absolute Gasteiger partial charge is 0.227 e. The molecular formula is C25H23ClFN3O3. The zero-order valence-electron chi connectivity index (χ0n) is 17.7. The number of halogens is 2. The van der Waals surface area contributed by atoms with E-state index in [4.69, 9.17) is 16.3 Å². The third kappa shape index (κ3) is 6.09. The van der Waals surface area contributed by atoms with Crippen LogP contribution in [0.3, 0.4) is 0 Å². The standard InChI is InChI=1S/C25H23ClFN3O3/c26-18-7-11-21(12-8-18)33-16-20(31)15-30-23-4-2-1-3-22(23)29-24(30)13-25(32)28-14-17-5-9-19(27)10-6-17/h1-12,20,31H,13-16H2,(H,28,32). The maximum Gasteiger partial charge on any atom is 0.227 e. The summed E-state index contributed by atoms with van der Waals surface area (Å²) < 4.78 is 20.5. The predicted octanol–water partition coefficient (Wildman–Crippen LogP) is 4.13. The van der Waals surface area contributed by atoms with Crippen LogP contribution in [0.2, 0.25) is 5.02 Å². The molecule has 1 unspecified atom stereocenters. The van der Waals surface area contributed by atoms with Crippen molar-refractivity contribution in [1.29, 1.82) is 0 Å². The Kier molecular flexibility index (Phi) is 7.22. The van der Waals surface area contributed by atoms with E-state index in [1.54, 1.807) is 36.4 Å². The number of carbonyl (C=O) groups is 1. The molecule has 1 heterocycles. The molecule has 6 nitrogen and oxygen atoms in total. The molecule has 0 saturated heterocycles. The number of benzene rings is 3. The number of aromatic nitrogens is 2. The van der Waals surface area contributed by atoms with Crippen molar-refractivity contribution in [2.24, 2.45) is 0 Å². The number of imidazole rings is 1. The highest BCUT2D eigenvalue weighted by molar-refractivity contribution is 6.30. The fourth-order valence-electron chi connectivity index (χ4n) is 3.46. The average molecular weight is 468 g/mol.